The molecule has 1 aliphatic carbocycles. The highest BCUT2D eigenvalue weighted by Gasteiger charge is 2.46. The van der Waals surface area contributed by atoms with Gasteiger partial charge in [0.1, 0.15) is 0 Å². The molecule has 0 aromatic rings. The molecular weight excluding hydrogens is 164 g/mol. The molecule has 1 saturated carbocycles. The Morgan fingerprint density at radius 1 is 1.54 bits per heavy atom. The van der Waals surface area contributed by atoms with Gasteiger partial charge in [-0.1, -0.05) is 27.7 Å². The van der Waals surface area contributed by atoms with Crippen molar-refractivity contribution in [1.29, 1.82) is 0 Å². The Morgan fingerprint density at radius 3 is 2.31 bits per heavy atom. The SMILES string of the molecule is CC(C)C(N)C(=O)NC1CC1(C)C. The van der Waals surface area contributed by atoms with Crippen LogP contribution in [0.5, 0.6) is 0 Å². The Labute approximate surface area is 80.1 Å². The van der Waals surface area contributed by atoms with E-state index in [0.717, 1.165) is 6.42 Å². The highest BCUT2D eigenvalue weighted by atomic mass is 16.2. The number of rotatable bonds is 3. The number of nitrogens with two attached hydrogens (primary N) is 1. The molecule has 1 rings (SSSR count). The normalized spacial score (nSPS) is 27.1. The Bertz CT molecular complexity index is 211. The van der Waals surface area contributed by atoms with Crippen molar-refractivity contribution in [3.05, 3.63) is 0 Å². The molecule has 0 aromatic carbocycles. The Kier molecular flexibility index (Phi) is 2.66. The fraction of sp³-hybridized carbons (Fsp3) is 0.900. The van der Waals surface area contributed by atoms with E-state index in [9.17, 15) is 4.79 Å². The van der Waals surface area contributed by atoms with Crippen molar-refractivity contribution in [3.63, 3.8) is 0 Å². The van der Waals surface area contributed by atoms with Crippen molar-refractivity contribution < 1.29 is 4.79 Å². The van der Waals surface area contributed by atoms with Gasteiger partial charge < -0.3 is 11.1 Å². The maximum Gasteiger partial charge on any atom is 0.237 e. The molecule has 1 amide bonds. The molecule has 2 unspecified atom stereocenters. The second-order valence-electron chi connectivity index (χ2n) is 5.02. The summed E-state index contributed by atoms with van der Waals surface area (Å²) in [5.41, 5.74) is 6.00. The Balaban J connectivity index is 2.35. The van der Waals surface area contributed by atoms with Gasteiger partial charge in [-0.05, 0) is 17.8 Å². The minimum Gasteiger partial charge on any atom is -0.351 e. The van der Waals surface area contributed by atoms with Crippen molar-refractivity contribution in [1.82, 2.24) is 5.32 Å². The first-order chi connectivity index (χ1) is 5.84. The predicted octanol–water partition coefficient (Wildman–Crippen LogP) is 0.884. The molecule has 1 aliphatic rings. The Morgan fingerprint density at radius 2 is 2.00 bits per heavy atom. The largest absolute Gasteiger partial charge is 0.351 e. The van der Waals surface area contributed by atoms with E-state index < -0.39 is 0 Å². The minimum atomic E-state index is -0.364. The van der Waals surface area contributed by atoms with E-state index in [1.165, 1.54) is 0 Å². The molecule has 1 fully saturated rings. The summed E-state index contributed by atoms with van der Waals surface area (Å²) in [6.45, 7) is 8.22. The molecule has 3 heteroatoms. The summed E-state index contributed by atoms with van der Waals surface area (Å²) in [5.74, 6) is 0.201. The first-order valence-electron chi connectivity index (χ1n) is 4.90. The number of hydrogen-bond acceptors (Lipinski definition) is 2. The van der Waals surface area contributed by atoms with E-state index in [4.69, 9.17) is 5.73 Å². The van der Waals surface area contributed by atoms with Crippen LogP contribution in [0.1, 0.15) is 34.1 Å². The van der Waals surface area contributed by atoms with Gasteiger partial charge >= 0.3 is 0 Å². The van der Waals surface area contributed by atoms with Crippen molar-refractivity contribution in [3.8, 4) is 0 Å². The lowest BCUT2D eigenvalue weighted by Crippen LogP contribution is -2.45. The molecule has 0 aromatic heterocycles. The van der Waals surface area contributed by atoms with Crippen LogP contribution in [-0.4, -0.2) is 18.0 Å². The van der Waals surface area contributed by atoms with Crippen LogP contribution in [0.3, 0.4) is 0 Å². The van der Waals surface area contributed by atoms with Gasteiger partial charge in [0.25, 0.3) is 0 Å². The molecule has 0 spiro atoms. The van der Waals surface area contributed by atoms with Crippen LogP contribution in [0.15, 0.2) is 0 Å². The van der Waals surface area contributed by atoms with Crippen LogP contribution in [0, 0.1) is 11.3 Å². The first kappa shape index (κ1) is 10.5. The fourth-order valence-electron chi connectivity index (χ4n) is 1.28. The lowest BCUT2D eigenvalue weighted by atomic mass is 10.0. The van der Waals surface area contributed by atoms with Crippen LogP contribution in [0.4, 0.5) is 0 Å². The summed E-state index contributed by atoms with van der Waals surface area (Å²) in [6, 6.07) is -0.0267. The van der Waals surface area contributed by atoms with Gasteiger partial charge in [-0.25, -0.2) is 0 Å². The second-order valence-corrected chi connectivity index (χ2v) is 5.02. The molecule has 2 atom stereocenters. The summed E-state index contributed by atoms with van der Waals surface area (Å²) in [4.78, 5) is 11.5. The van der Waals surface area contributed by atoms with E-state index in [1.54, 1.807) is 0 Å². The van der Waals surface area contributed by atoms with E-state index in [2.05, 4.69) is 19.2 Å². The molecule has 0 heterocycles. The highest BCUT2D eigenvalue weighted by Crippen LogP contribution is 2.44. The van der Waals surface area contributed by atoms with E-state index >= 15 is 0 Å². The van der Waals surface area contributed by atoms with Gasteiger partial charge in [-0.15, -0.1) is 0 Å². The molecule has 76 valence electrons. The van der Waals surface area contributed by atoms with Gasteiger partial charge in [0.05, 0.1) is 6.04 Å². The van der Waals surface area contributed by atoms with Crippen molar-refractivity contribution in [2.45, 2.75) is 46.2 Å². The zero-order valence-corrected chi connectivity index (χ0v) is 8.92. The van der Waals surface area contributed by atoms with Gasteiger partial charge in [0, 0.05) is 6.04 Å². The van der Waals surface area contributed by atoms with Crippen molar-refractivity contribution in [2.75, 3.05) is 0 Å². The maximum absolute atomic E-state index is 11.5. The van der Waals surface area contributed by atoms with Crippen LogP contribution in [0.2, 0.25) is 0 Å². The predicted molar refractivity (Wildman–Crippen MR) is 53.1 cm³/mol. The van der Waals surface area contributed by atoms with Crippen LogP contribution < -0.4 is 11.1 Å². The third kappa shape index (κ3) is 2.44. The summed E-state index contributed by atoms with van der Waals surface area (Å²) in [7, 11) is 0. The third-order valence-corrected chi connectivity index (χ3v) is 2.85. The molecule has 3 N–H and O–H groups in total. The summed E-state index contributed by atoms with van der Waals surface area (Å²) < 4.78 is 0. The quantitative estimate of drug-likeness (QED) is 0.684. The van der Waals surface area contributed by atoms with Crippen LogP contribution in [0.25, 0.3) is 0 Å². The van der Waals surface area contributed by atoms with Gasteiger partial charge in [-0.2, -0.15) is 0 Å². The standard InChI is InChI=1S/C10H20N2O/c1-6(2)8(11)9(13)12-7-5-10(7,3)4/h6-8H,5,11H2,1-4H3,(H,12,13). The van der Waals surface area contributed by atoms with Crippen molar-refractivity contribution >= 4 is 5.91 Å². The zero-order valence-electron chi connectivity index (χ0n) is 8.92. The lowest BCUT2D eigenvalue weighted by molar-refractivity contribution is -0.123. The summed E-state index contributed by atoms with van der Waals surface area (Å²) >= 11 is 0. The average Bonchev–Trinajstić information content (AvgIpc) is 2.56. The van der Waals surface area contributed by atoms with E-state index in [0.29, 0.717) is 6.04 Å². The topological polar surface area (TPSA) is 55.1 Å². The summed E-state index contributed by atoms with van der Waals surface area (Å²) in [5, 5.41) is 2.96. The zero-order chi connectivity index (χ0) is 10.2. The van der Waals surface area contributed by atoms with Crippen LogP contribution >= 0.6 is 0 Å². The van der Waals surface area contributed by atoms with Gasteiger partial charge in [0.2, 0.25) is 5.91 Å². The molecule has 0 bridgehead atoms. The summed E-state index contributed by atoms with van der Waals surface area (Å²) in [6.07, 6.45) is 1.07. The number of amides is 1. The number of carbonyl (C=O) groups is 1. The third-order valence-electron chi connectivity index (χ3n) is 2.85. The highest BCUT2D eigenvalue weighted by molar-refractivity contribution is 5.82. The number of carbonyl (C=O) groups excluding carboxylic acids is 1. The maximum atomic E-state index is 11.5. The molecule has 13 heavy (non-hydrogen) atoms. The fourth-order valence-corrected chi connectivity index (χ4v) is 1.28. The molecular formula is C10H20N2O. The molecule has 0 aliphatic heterocycles. The first-order valence-corrected chi connectivity index (χ1v) is 4.90. The number of hydrogen-bond donors (Lipinski definition) is 2. The second kappa shape index (κ2) is 3.29. The van der Waals surface area contributed by atoms with Gasteiger partial charge in [0.15, 0.2) is 0 Å². The monoisotopic (exact) mass is 184 g/mol. The van der Waals surface area contributed by atoms with E-state index in [1.807, 2.05) is 13.8 Å². The molecule has 3 nitrogen and oxygen atoms in total. The minimum absolute atomic E-state index is 0.00873. The van der Waals surface area contributed by atoms with Crippen molar-refractivity contribution in [2.24, 2.45) is 17.1 Å². The van der Waals surface area contributed by atoms with Crippen LogP contribution in [-0.2, 0) is 4.79 Å². The van der Waals surface area contributed by atoms with Gasteiger partial charge in [-0.3, -0.25) is 4.79 Å². The Hall–Kier alpha value is -0.570. The molecule has 0 saturated heterocycles. The lowest BCUT2D eigenvalue weighted by Gasteiger charge is -2.15. The molecule has 0 radical (unpaired) electrons. The van der Waals surface area contributed by atoms with E-state index in [-0.39, 0.29) is 23.3 Å². The smallest absolute Gasteiger partial charge is 0.237 e. The number of nitrogens with one attached hydrogen (secondary N) is 1. The average molecular weight is 184 g/mol.